The number of carbonyl (C=O) groups is 1. The quantitative estimate of drug-likeness (QED) is 0.329. The van der Waals surface area contributed by atoms with Gasteiger partial charge >= 0.3 is 0 Å². The van der Waals surface area contributed by atoms with Crippen LogP contribution in [-0.4, -0.2) is 41.7 Å². The Balaban J connectivity index is 1.13. The van der Waals surface area contributed by atoms with Crippen molar-refractivity contribution in [1.29, 1.82) is 0 Å². The predicted octanol–water partition coefficient (Wildman–Crippen LogP) is 6.54. The average molecular weight is 515 g/mol. The maximum atomic E-state index is 13.5. The van der Waals surface area contributed by atoms with Crippen LogP contribution in [0.25, 0.3) is 16.0 Å². The first-order valence-electron chi connectivity index (χ1n) is 13.1. The molecule has 0 atom stereocenters. The van der Waals surface area contributed by atoms with Gasteiger partial charge < -0.3 is 19.5 Å². The van der Waals surface area contributed by atoms with Crippen LogP contribution in [0.1, 0.15) is 37.7 Å². The first-order chi connectivity index (χ1) is 18.5. The van der Waals surface area contributed by atoms with Gasteiger partial charge in [0.25, 0.3) is 5.91 Å². The second kappa shape index (κ2) is 11.6. The van der Waals surface area contributed by atoms with Crippen LogP contribution in [0.2, 0.25) is 0 Å². The Labute approximate surface area is 222 Å². The van der Waals surface area contributed by atoms with Gasteiger partial charge in [0.2, 0.25) is 0 Å². The van der Waals surface area contributed by atoms with E-state index in [0.717, 1.165) is 50.3 Å². The van der Waals surface area contributed by atoms with Gasteiger partial charge in [-0.1, -0.05) is 18.2 Å². The monoisotopic (exact) mass is 514 g/mol. The Morgan fingerprint density at radius 1 is 1.03 bits per heavy atom. The van der Waals surface area contributed by atoms with Crippen molar-refractivity contribution < 1.29 is 23.8 Å². The summed E-state index contributed by atoms with van der Waals surface area (Å²) in [6, 6.07) is 16.8. The van der Waals surface area contributed by atoms with E-state index in [-0.39, 0.29) is 18.3 Å². The van der Waals surface area contributed by atoms with Crippen molar-refractivity contribution in [1.82, 2.24) is 4.90 Å². The average Bonchev–Trinajstić information content (AvgIpc) is 3.75. The lowest BCUT2D eigenvalue weighted by Gasteiger charge is -2.32. The molecule has 0 aromatic heterocycles. The van der Waals surface area contributed by atoms with Gasteiger partial charge in [0.1, 0.15) is 23.1 Å². The van der Waals surface area contributed by atoms with Gasteiger partial charge in [-0.25, -0.2) is 9.24 Å². The van der Waals surface area contributed by atoms with Gasteiger partial charge in [-0.05, 0) is 86.4 Å². The minimum absolute atomic E-state index is 0.100. The number of phenols is 1. The minimum atomic E-state index is -0.565. The highest BCUT2D eigenvalue weighted by molar-refractivity contribution is 5.81. The van der Waals surface area contributed by atoms with Crippen LogP contribution in [0.3, 0.4) is 0 Å². The highest BCUT2D eigenvalue weighted by Gasteiger charge is 2.25. The Kier molecular flexibility index (Phi) is 7.78. The summed E-state index contributed by atoms with van der Waals surface area (Å²) in [6.07, 6.45) is 6.71. The first-order valence-corrected chi connectivity index (χ1v) is 13.1. The highest BCUT2D eigenvalue weighted by Crippen LogP contribution is 2.39. The zero-order valence-corrected chi connectivity index (χ0v) is 21.2. The van der Waals surface area contributed by atoms with E-state index < -0.39 is 5.82 Å². The predicted molar refractivity (Wildman–Crippen MR) is 143 cm³/mol. The number of piperidine rings is 1. The number of hydrogen-bond acceptors (Lipinski definition) is 4. The fourth-order valence-electron chi connectivity index (χ4n) is 4.88. The molecule has 2 fully saturated rings. The van der Waals surface area contributed by atoms with Gasteiger partial charge in [-0.3, -0.25) is 4.79 Å². The summed E-state index contributed by atoms with van der Waals surface area (Å²) in [5.74, 6) is 0.971. The molecule has 0 unspecified atom stereocenters. The van der Waals surface area contributed by atoms with Crippen LogP contribution < -0.4 is 9.47 Å². The third-order valence-corrected chi connectivity index (χ3v) is 7.23. The molecule has 0 bridgehead atoms. The van der Waals surface area contributed by atoms with E-state index >= 15 is 0 Å². The third-order valence-electron chi connectivity index (χ3n) is 7.23. The summed E-state index contributed by atoms with van der Waals surface area (Å²) >= 11 is 0. The normalized spacial score (nSPS) is 15.6. The standard InChI is InChI=1S/C31H31FN2O4/c1-33-24-8-12-30(28(19-24)27-11-7-23(32)18-29(27)35)37-20-31(36)34-15-13-21(14-16-34)5-6-22-3-2-4-26(17-22)38-25-9-10-25/h2-4,7-8,11-12,17-19,21,25,35H,5-6,9-10,13-16,20H2. The van der Waals surface area contributed by atoms with Crippen molar-refractivity contribution in [2.75, 3.05) is 19.7 Å². The van der Waals surface area contributed by atoms with Crippen LogP contribution in [-0.2, 0) is 11.2 Å². The van der Waals surface area contributed by atoms with E-state index in [1.807, 2.05) is 11.0 Å². The molecule has 1 aliphatic heterocycles. The van der Waals surface area contributed by atoms with Crippen LogP contribution in [0.5, 0.6) is 17.2 Å². The van der Waals surface area contributed by atoms with Crippen molar-refractivity contribution in [2.24, 2.45) is 5.92 Å². The molecule has 1 heterocycles. The van der Waals surface area contributed by atoms with E-state index in [4.69, 9.17) is 16.0 Å². The second-order valence-electron chi connectivity index (χ2n) is 10.1. The van der Waals surface area contributed by atoms with Gasteiger partial charge in [-0.15, -0.1) is 0 Å². The molecular weight excluding hydrogens is 483 g/mol. The number of hydrogen-bond donors (Lipinski definition) is 1. The molecule has 196 valence electrons. The van der Waals surface area contributed by atoms with Crippen LogP contribution >= 0.6 is 0 Å². The topological polar surface area (TPSA) is 63.4 Å². The lowest BCUT2D eigenvalue weighted by molar-refractivity contribution is -0.134. The molecule has 5 rings (SSSR count). The maximum Gasteiger partial charge on any atom is 0.260 e. The molecule has 3 aromatic carbocycles. The Bertz CT molecular complexity index is 1340. The Hall–Kier alpha value is -4.05. The zero-order chi connectivity index (χ0) is 26.5. The summed E-state index contributed by atoms with van der Waals surface area (Å²) < 4.78 is 25.3. The third kappa shape index (κ3) is 6.44. The molecule has 1 N–H and O–H groups in total. The Morgan fingerprint density at radius 2 is 1.84 bits per heavy atom. The van der Waals surface area contributed by atoms with Crippen molar-refractivity contribution in [3.63, 3.8) is 0 Å². The molecule has 0 radical (unpaired) electrons. The fourth-order valence-corrected chi connectivity index (χ4v) is 4.88. The molecule has 3 aromatic rings. The number of halogens is 1. The fraction of sp³-hybridized carbons (Fsp3) is 0.355. The summed E-state index contributed by atoms with van der Waals surface area (Å²) in [6.45, 7) is 8.53. The number of benzene rings is 3. The zero-order valence-electron chi connectivity index (χ0n) is 21.2. The van der Waals surface area contributed by atoms with Crippen molar-refractivity contribution in [3.8, 4) is 28.4 Å². The molecule has 1 saturated heterocycles. The van der Waals surface area contributed by atoms with E-state index in [1.165, 1.54) is 17.7 Å². The molecule has 1 saturated carbocycles. The van der Waals surface area contributed by atoms with Gasteiger partial charge in [0.05, 0.1) is 12.7 Å². The van der Waals surface area contributed by atoms with Gasteiger partial charge in [0, 0.05) is 30.3 Å². The van der Waals surface area contributed by atoms with Crippen LogP contribution in [0, 0.1) is 18.3 Å². The lowest BCUT2D eigenvalue weighted by Crippen LogP contribution is -2.41. The summed E-state index contributed by atoms with van der Waals surface area (Å²) in [5, 5.41) is 10.3. The number of carbonyl (C=O) groups excluding carboxylic acids is 1. The number of amides is 1. The number of ether oxygens (including phenoxy) is 2. The number of likely N-dealkylation sites (tertiary alicyclic amines) is 1. The number of rotatable bonds is 9. The Morgan fingerprint density at radius 3 is 2.58 bits per heavy atom. The summed E-state index contributed by atoms with van der Waals surface area (Å²) in [5.41, 5.74) is 2.42. The number of aromatic hydroxyl groups is 1. The van der Waals surface area contributed by atoms with Gasteiger partial charge in [0.15, 0.2) is 12.3 Å². The van der Waals surface area contributed by atoms with E-state index in [0.29, 0.717) is 47.7 Å². The molecular formula is C31H31FN2O4. The maximum absolute atomic E-state index is 13.5. The summed E-state index contributed by atoms with van der Waals surface area (Å²) in [4.78, 5) is 18.2. The molecule has 6 nitrogen and oxygen atoms in total. The van der Waals surface area contributed by atoms with Crippen molar-refractivity contribution in [3.05, 3.63) is 83.5 Å². The van der Waals surface area contributed by atoms with E-state index in [1.54, 1.807) is 18.2 Å². The van der Waals surface area contributed by atoms with E-state index in [9.17, 15) is 14.3 Å². The van der Waals surface area contributed by atoms with Crippen LogP contribution in [0.4, 0.5) is 10.1 Å². The SMILES string of the molecule is [C-]#[N+]c1ccc(OCC(=O)N2CCC(CCc3cccc(OC4CC4)c3)CC2)c(-c2ccc(F)cc2O)c1. The molecule has 7 heteroatoms. The summed E-state index contributed by atoms with van der Waals surface area (Å²) in [7, 11) is 0. The lowest BCUT2D eigenvalue weighted by atomic mass is 9.90. The molecule has 1 amide bonds. The molecule has 1 aliphatic carbocycles. The number of phenolic OH excluding ortho intramolecular Hbond substituents is 1. The molecule has 38 heavy (non-hydrogen) atoms. The number of aryl methyl sites for hydroxylation is 1. The van der Waals surface area contributed by atoms with Crippen molar-refractivity contribution in [2.45, 2.75) is 44.6 Å². The smallest absolute Gasteiger partial charge is 0.260 e. The molecule has 2 aliphatic rings. The minimum Gasteiger partial charge on any atom is -0.507 e. The van der Waals surface area contributed by atoms with Crippen molar-refractivity contribution >= 4 is 11.6 Å². The number of nitrogens with zero attached hydrogens (tertiary/aromatic N) is 2. The van der Waals surface area contributed by atoms with E-state index in [2.05, 4.69) is 23.0 Å². The van der Waals surface area contributed by atoms with Gasteiger partial charge in [-0.2, -0.15) is 0 Å². The second-order valence-corrected chi connectivity index (χ2v) is 10.1. The molecule has 0 spiro atoms. The van der Waals surface area contributed by atoms with Crippen LogP contribution in [0.15, 0.2) is 60.7 Å². The largest absolute Gasteiger partial charge is 0.507 e. The first kappa shape index (κ1) is 25.6. The highest BCUT2D eigenvalue weighted by atomic mass is 19.1.